The molecule has 90 valence electrons. The third-order valence-corrected chi connectivity index (χ3v) is 3.14. The molecule has 17 heavy (non-hydrogen) atoms. The van der Waals surface area contributed by atoms with Gasteiger partial charge in [0.25, 0.3) is 0 Å². The molecule has 1 heterocycles. The van der Waals surface area contributed by atoms with E-state index in [1.54, 1.807) is 0 Å². The van der Waals surface area contributed by atoms with Crippen molar-refractivity contribution in [1.82, 2.24) is 9.55 Å². The molecule has 0 aliphatic carbocycles. The van der Waals surface area contributed by atoms with Crippen molar-refractivity contribution < 1.29 is 0 Å². The van der Waals surface area contributed by atoms with Crippen LogP contribution in [0.3, 0.4) is 0 Å². The van der Waals surface area contributed by atoms with Crippen molar-refractivity contribution in [2.75, 3.05) is 5.32 Å². The number of nitrogens with one attached hydrogen (secondary N) is 1. The first-order valence-electron chi connectivity index (χ1n) is 5.89. The third kappa shape index (κ3) is 2.49. The molecule has 0 spiro atoms. The second-order valence-electron chi connectivity index (χ2n) is 4.56. The minimum atomic E-state index is 0.206. The second kappa shape index (κ2) is 4.62. The van der Waals surface area contributed by atoms with Gasteiger partial charge in [-0.25, -0.2) is 4.98 Å². The van der Waals surface area contributed by atoms with Gasteiger partial charge < -0.3 is 9.88 Å². The summed E-state index contributed by atoms with van der Waals surface area (Å²) in [5.41, 5.74) is 3.77. The Morgan fingerprint density at radius 1 is 1.24 bits per heavy atom. The van der Waals surface area contributed by atoms with Gasteiger partial charge in [-0.1, -0.05) is 6.07 Å². The Bertz CT molecular complexity index is 514. The van der Waals surface area contributed by atoms with Crippen molar-refractivity contribution in [3.05, 3.63) is 47.5 Å². The number of hydrogen-bond donors (Lipinski definition) is 1. The van der Waals surface area contributed by atoms with E-state index in [0.29, 0.717) is 0 Å². The molecule has 0 aliphatic rings. The van der Waals surface area contributed by atoms with Gasteiger partial charge in [-0.3, -0.25) is 0 Å². The summed E-state index contributed by atoms with van der Waals surface area (Å²) >= 11 is 0. The topological polar surface area (TPSA) is 29.9 Å². The Morgan fingerprint density at radius 2 is 2.00 bits per heavy atom. The van der Waals surface area contributed by atoms with Gasteiger partial charge in [0.05, 0.1) is 6.04 Å². The molecule has 0 fully saturated rings. The highest BCUT2D eigenvalue weighted by molar-refractivity contribution is 5.49. The van der Waals surface area contributed by atoms with Gasteiger partial charge in [-0.15, -0.1) is 0 Å². The van der Waals surface area contributed by atoms with Crippen LogP contribution in [0.5, 0.6) is 0 Å². The van der Waals surface area contributed by atoms with E-state index in [1.165, 1.54) is 11.1 Å². The largest absolute Gasteiger partial charge is 0.375 e. The van der Waals surface area contributed by atoms with Crippen molar-refractivity contribution in [3.63, 3.8) is 0 Å². The molecule has 0 saturated heterocycles. The maximum Gasteiger partial charge on any atom is 0.130 e. The lowest BCUT2D eigenvalue weighted by molar-refractivity contribution is 0.721. The Kier molecular flexibility index (Phi) is 3.18. The van der Waals surface area contributed by atoms with Gasteiger partial charge in [-0.05, 0) is 44.0 Å². The normalized spacial score (nSPS) is 12.5. The molecule has 1 aromatic heterocycles. The summed E-state index contributed by atoms with van der Waals surface area (Å²) < 4.78 is 2.04. The van der Waals surface area contributed by atoms with Gasteiger partial charge in [-0.2, -0.15) is 0 Å². The number of benzene rings is 1. The van der Waals surface area contributed by atoms with Crippen LogP contribution in [0.15, 0.2) is 30.6 Å². The van der Waals surface area contributed by atoms with Crippen molar-refractivity contribution in [1.29, 1.82) is 0 Å². The predicted octanol–water partition coefficient (Wildman–Crippen LogP) is 3.21. The number of anilines is 1. The molecular weight excluding hydrogens is 210 g/mol. The number of aromatic nitrogens is 2. The fourth-order valence-corrected chi connectivity index (χ4v) is 1.94. The average molecular weight is 229 g/mol. The van der Waals surface area contributed by atoms with Crippen LogP contribution in [0.25, 0.3) is 0 Å². The molecule has 3 heteroatoms. The Morgan fingerprint density at radius 3 is 2.59 bits per heavy atom. The van der Waals surface area contributed by atoms with Gasteiger partial charge in [0.15, 0.2) is 0 Å². The van der Waals surface area contributed by atoms with E-state index < -0.39 is 0 Å². The lowest BCUT2D eigenvalue weighted by Crippen LogP contribution is -2.11. The van der Waals surface area contributed by atoms with Crippen molar-refractivity contribution >= 4 is 5.69 Å². The first-order chi connectivity index (χ1) is 8.08. The van der Waals surface area contributed by atoms with Crippen LogP contribution >= 0.6 is 0 Å². The predicted molar refractivity (Wildman–Crippen MR) is 71.2 cm³/mol. The highest BCUT2D eigenvalue weighted by Gasteiger charge is 2.09. The number of imidazole rings is 1. The number of nitrogens with zero attached hydrogens (tertiary/aromatic N) is 2. The van der Waals surface area contributed by atoms with E-state index in [-0.39, 0.29) is 6.04 Å². The fourth-order valence-electron chi connectivity index (χ4n) is 1.94. The summed E-state index contributed by atoms with van der Waals surface area (Å²) in [6, 6.07) is 6.64. The fraction of sp³-hybridized carbons (Fsp3) is 0.357. The molecule has 2 rings (SSSR count). The standard InChI is InChI=1S/C14H19N3/c1-10-5-6-13(9-11(10)2)16-12(3)14-15-7-8-17(14)4/h5-9,12,16H,1-4H3. The summed E-state index contributed by atoms with van der Waals surface area (Å²) in [6.07, 6.45) is 3.79. The van der Waals surface area contributed by atoms with Gasteiger partial charge in [0, 0.05) is 25.1 Å². The van der Waals surface area contributed by atoms with E-state index in [2.05, 4.69) is 49.3 Å². The molecule has 1 atom stereocenters. The van der Waals surface area contributed by atoms with Crippen molar-refractivity contribution in [3.8, 4) is 0 Å². The smallest absolute Gasteiger partial charge is 0.130 e. The SMILES string of the molecule is Cc1ccc(NC(C)c2nccn2C)cc1C. The van der Waals surface area contributed by atoms with Crippen LogP contribution in [-0.4, -0.2) is 9.55 Å². The van der Waals surface area contributed by atoms with Crippen LogP contribution in [0.2, 0.25) is 0 Å². The molecule has 0 radical (unpaired) electrons. The lowest BCUT2D eigenvalue weighted by Gasteiger charge is -2.16. The van der Waals surface area contributed by atoms with Gasteiger partial charge in [0.2, 0.25) is 0 Å². The molecule has 2 aromatic rings. The highest BCUT2D eigenvalue weighted by atomic mass is 15.1. The Hall–Kier alpha value is -1.77. The minimum absolute atomic E-state index is 0.206. The number of aryl methyl sites for hydroxylation is 3. The van der Waals surface area contributed by atoms with E-state index in [0.717, 1.165) is 11.5 Å². The average Bonchev–Trinajstić information content (AvgIpc) is 2.70. The zero-order chi connectivity index (χ0) is 12.4. The Balaban J connectivity index is 2.16. The molecule has 0 aliphatic heterocycles. The lowest BCUT2D eigenvalue weighted by atomic mass is 10.1. The van der Waals surface area contributed by atoms with Gasteiger partial charge >= 0.3 is 0 Å². The number of rotatable bonds is 3. The molecule has 1 aromatic carbocycles. The summed E-state index contributed by atoms with van der Waals surface area (Å²) in [4.78, 5) is 4.35. The quantitative estimate of drug-likeness (QED) is 0.875. The highest BCUT2D eigenvalue weighted by Crippen LogP contribution is 2.20. The van der Waals surface area contributed by atoms with E-state index in [4.69, 9.17) is 0 Å². The monoisotopic (exact) mass is 229 g/mol. The second-order valence-corrected chi connectivity index (χ2v) is 4.56. The summed E-state index contributed by atoms with van der Waals surface area (Å²) in [6.45, 7) is 6.38. The first-order valence-corrected chi connectivity index (χ1v) is 5.89. The maximum absolute atomic E-state index is 4.35. The van der Waals surface area contributed by atoms with Crippen LogP contribution in [0, 0.1) is 13.8 Å². The molecule has 1 N–H and O–H groups in total. The van der Waals surface area contributed by atoms with E-state index >= 15 is 0 Å². The van der Waals surface area contributed by atoms with E-state index in [9.17, 15) is 0 Å². The molecular formula is C14H19N3. The van der Waals surface area contributed by atoms with Crippen LogP contribution in [0.1, 0.15) is 29.9 Å². The summed E-state index contributed by atoms with van der Waals surface area (Å²) in [7, 11) is 2.01. The first kappa shape index (κ1) is 11.7. The zero-order valence-electron chi connectivity index (χ0n) is 10.9. The van der Waals surface area contributed by atoms with Crippen molar-refractivity contribution in [2.24, 2.45) is 7.05 Å². The zero-order valence-corrected chi connectivity index (χ0v) is 10.9. The minimum Gasteiger partial charge on any atom is -0.375 e. The molecule has 0 amide bonds. The summed E-state index contributed by atoms with van der Waals surface area (Å²) in [5.74, 6) is 1.04. The molecule has 0 bridgehead atoms. The van der Waals surface area contributed by atoms with Gasteiger partial charge in [0.1, 0.15) is 5.82 Å². The van der Waals surface area contributed by atoms with Crippen LogP contribution in [-0.2, 0) is 7.05 Å². The molecule has 1 unspecified atom stereocenters. The third-order valence-electron chi connectivity index (χ3n) is 3.14. The Labute approximate surface area is 103 Å². The van der Waals surface area contributed by atoms with E-state index in [1.807, 2.05) is 24.0 Å². The summed E-state index contributed by atoms with van der Waals surface area (Å²) in [5, 5.41) is 3.47. The number of hydrogen-bond acceptors (Lipinski definition) is 2. The maximum atomic E-state index is 4.35. The van der Waals surface area contributed by atoms with Crippen LogP contribution < -0.4 is 5.32 Å². The van der Waals surface area contributed by atoms with Crippen molar-refractivity contribution in [2.45, 2.75) is 26.8 Å². The molecule has 0 saturated carbocycles. The van der Waals surface area contributed by atoms with Crippen LogP contribution in [0.4, 0.5) is 5.69 Å². The molecule has 3 nitrogen and oxygen atoms in total.